The summed E-state index contributed by atoms with van der Waals surface area (Å²) in [7, 11) is 0. The average molecular weight is 486 g/mol. The highest BCUT2D eigenvalue weighted by molar-refractivity contribution is 5.95. The molecule has 0 radical (unpaired) electrons. The van der Waals surface area contributed by atoms with Crippen LogP contribution >= 0.6 is 0 Å². The average Bonchev–Trinajstić information content (AvgIpc) is 2.67. The van der Waals surface area contributed by atoms with Crippen LogP contribution in [-0.2, 0) is 19.1 Å². The van der Waals surface area contributed by atoms with Crippen molar-refractivity contribution in [1.82, 2.24) is 15.3 Å². The molecule has 0 saturated carbocycles. The molecule has 2 amide bonds. The maximum atomic E-state index is 13.1. The van der Waals surface area contributed by atoms with Crippen LogP contribution in [0.1, 0.15) is 44.0 Å². The Bertz CT molecular complexity index is 824. The molecule has 1 aromatic rings. The molecule has 0 saturated heterocycles. The van der Waals surface area contributed by atoms with Crippen LogP contribution in [0, 0.1) is 13.8 Å². The third kappa shape index (κ3) is 9.22. The second kappa shape index (κ2) is 11.8. The highest BCUT2D eigenvalue weighted by Crippen LogP contribution is 2.23. The van der Waals surface area contributed by atoms with Crippen LogP contribution in [0.15, 0.2) is 6.07 Å². The SMILES string of the molecule is CCCCOC(=O)C(CCCN(C(=O)C(F)(F)F)c1nc(C)cc(C)n1)NC(=O)C(F)(F)F. The summed E-state index contributed by atoms with van der Waals surface area (Å²) < 4.78 is 81.9. The number of unbranched alkanes of at least 4 members (excludes halogenated alkanes) is 1. The zero-order valence-corrected chi connectivity index (χ0v) is 18.1. The molecule has 14 heteroatoms. The van der Waals surface area contributed by atoms with Gasteiger partial charge in [-0.1, -0.05) is 13.3 Å². The van der Waals surface area contributed by atoms with Crippen molar-refractivity contribution >= 4 is 23.7 Å². The van der Waals surface area contributed by atoms with Gasteiger partial charge >= 0.3 is 30.1 Å². The van der Waals surface area contributed by atoms with E-state index in [1.54, 1.807) is 6.92 Å². The Morgan fingerprint density at radius 1 is 1.03 bits per heavy atom. The lowest BCUT2D eigenvalue weighted by Crippen LogP contribution is -2.48. The maximum absolute atomic E-state index is 13.1. The minimum atomic E-state index is -5.28. The number of rotatable bonds is 10. The number of hydrogen-bond donors (Lipinski definition) is 1. The summed E-state index contributed by atoms with van der Waals surface area (Å²) in [6.45, 7) is 3.94. The molecular weight excluding hydrogens is 462 g/mol. The molecule has 0 aliphatic carbocycles. The van der Waals surface area contributed by atoms with E-state index in [4.69, 9.17) is 4.74 Å². The standard InChI is InChI=1S/C19H24F6N4O4/c1-4-5-9-33-14(30)13(28-15(31)18(20,21)22)7-6-8-29(16(32)19(23,24)25)17-26-11(2)10-12(3)27-17/h10,13H,4-9H2,1-3H3,(H,28,31). The van der Waals surface area contributed by atoms with Crippen molar-refractivity contribution in [3.8, 4) is 0 Å². The van der Waals surface area contributed by atoms with Gasteiger partial charge in [-0.3, -0.25) is 14.5 Å². The van der Waals surface area contributed by atoms with Gasteiger partial charge in [0.2, 0.25) is 5.95 Å². The number of esters is 1. The summed E-state index contributed by atoms with van der Waals surface area (Å²) >= 11 is 0. The van der Waals surface area contributed by atoms with E-state index in [1.165, 1.54) is 25.2 Å². The summed E-state index contributed by atoms with van der Waals surface area (Å²) in [4.78, 5) is 43.1. The second-order valence-electron chi connectivity index (χ2n) is 7.09. The Morgan fingerprint density at radius 3 is 2.09 bits per heavy atom. The number of aromatic nitrogens is 2. The van der Waals surface area contributed by atoms with Crippen LogP contribution in [0.5, 0.6) is 0 Å². The summed E-state index contributed by atoms with van der Waals surface area (Å²) in [5, 5.41) is 1.48. The Morgan fingerprint density at radius 2 is 1.61 bits per heavy atom. The molecule has 1 unspecified atom stereocenters. The number of ether oxygens (including phenoxy) is 1. The van der Waals surface area contributed by atoms with Crippen molar-refractivity contribution < 1.29 is 45.5 Å². The molecule has 1 N–H and O–H groups in total. The molecule has 1 atom stereocenters. The largest absolute Gasteiger partial charge is 0.471 e. The Labute approximate surface area is 185 Å². The number of aryl methyl sites for hydroxylation is 2. The first kappa shape index (κ1) is 28.1. The molecule has 1 heterocycles. The van der Waals surface area contributed by atoms with Crippen LogP contribution in [0.2, 0.25) is 0 Å². The molecule has 8 nitrogen and oxygen atoms in total. The van der Waals surface area contributed by atoms with Crippen molar-refractivity contribution in [2.75, 3.05) is 18.1 Å². The van der Waals surface area contributed by atoms with Gasteiger partial charge in [-0.2, -0.15) is 26.3 Å². The molecular formula is C19H24F6N4O4. The Hall–Kier alpha value is -2.93. The molecule has 33 heavy (non-hydrogen) atoms. The lowest BCUT2D eigenvalue weighted by Gasteiger charge is -2.24. The molecule has 1 rings (SSSR count). The molecule has 0 aliphatic rings. The van der Waals surface area contributed by atoms with E-state index >= 15 is 0 Å². The van der Waals surface area contributed by atoms with Gasteiger partial charge in [0.15, 0.2) is 0 Å². The zero-order chi connectivity index (χ0) is 25.4. The number of nitrogens with one attached hydrogen (secondary N) is 1. The fourth-order valence-electron chi connectivity index (χ4n) is 2.63. The van der Waals surface area contributed by atoms with Gasteiger partial charge in [0.1, 0.15) is 6.04 Å². The monoisotopic (exact) mass is 486 g/mol. The maximum Gasteiger partial charge on any atom is 0.471 e. The van der Waals surface area contributed by atoms with Crippen molar-refractivity contribution in [2.45, 2.75) is 64.8 Å². The van der Waals surface area contributed by atoms with Gasteiger partial charge in [0.25, 0.3) is 0 Å². The lowest BCUT2D eigenvalue weighted by atomic mass is 10.1. The fraction of sp³-hybridized carbons (Fsp3) is 0.632. The quantitative estimate of drug-likeness (QED) is 0.310. The van der Waals surface area contributed by atoms with Crippen molar-refractivity contribution in [3.05, 3.63) is 17.5 Å². The van der Waals surface area contributed by atoms with E-state index < -0.39 is 61.5 Å². The van der Waals surface area contributed by atoms with E-state index in [0.29, 0.717) is 12.8 Å². The van der Waals surface area contributed by atoms with Gasteiger partial charge < -0.3 is 10.1 Å². The Balaban J connectivity index is 3.03. The first-order valence-electron chi connectivity index (χ1n) is 9.92. The molecule has 0 aromatic carbocycles. The summed E-state index contributed by atoms with van der Waals surface area (Å²) in [5.74, 6) is -6.40. The van der Waals surface area contributed by atoms with E-state index in [9.17, 15) is 40.7 Å². The fourth-order valence-corrected chi connectivity index (χ4v) is 2.63. The Kier molecular flexibility index (Phi) is 10.0. The third-order valence-electron chi connectivity index (χ3n) is 4.16. The van der Waals surface area contributed by atoms with Gasteiger partial charge in [-0.05, 0) is 39.2 Å². The molecule has 0 fully saturated rings. The van der Waals surface area contributed by atoms with E-state index in [2.05, 4.69) is 9.97 Å². The molecule has 0 bridgehead atoms. The predicted molar refractivity (Wildman–Crippen MR) is 103 cm³/mol. The molecule has 186 valence electrons. The topological polar surface area (TPSA) is 101 Å². The number of carbonyl (C=O) groups excluding carboxylic acids is 3. The van der Waals surface area contributed by atoms with Crippen LogP contribution in [0.25, 0.3) is 0 Å². The zero-order valence-electron chi connectivity index (χ0n) is 18.1. The van der Waals surface area contributed by atoms with E-state index in [-0.39, 0.29) is 22.9 Å². The van der Waals surface area contributed by atoms with Crippen LogP contribution in [0.4, 0.5) is 32.3 Å². The van der Waals surface area contributed by atoms with Crippen LogP contribution in [-0.4, -0.2) is 59.3 Å². The predicted octanol–water partition coefficient (Wildman–Crippen LogP) is 3.16. The number of carbonyl (C=O) groups is 3. The molecule has 0 aliphatic heterocycles. The van der Waals surface area contributed by atoms with E-state index in [1.807, 2.05) is 0 Å². The smallest absolute Gasteiger partial charge is 0.464 e. The van der Waals surface area contributed by atoms with Crippen LogP contribution in [0.3, 0.4) is 0 Å². The first-order chi connectivity index (χ1) is 15.2. The summed E-state index contributed by atoms with van der Waals surface area (Å²) in [6.07, 6.45) is -10.4. The number of alkyl halides is 6. The molecule has 1 aromatic heterocycles. The first-order valence-corrected chi connectivity index (χ1v) is 9.92. The van der Waals surface area contributed by atoms with Crippen molar-refractivity contribution in [1.29, 1.82) is 0 Å². The van der Waals surface area contributed by atoms with Gasteiger partial charge in [-0.15, -0.1) is 0 Å². The van der Waals surface area contributed by atoms with Crippen LogP contribution < -0.4 is 10.2 Å². The minimum Gasteiger partial charge on any atom is -0.464 e. The highest BCUT2D eigenvalue weighted by atomic mass is 19.4. The summed E-state index contributed by atoms with van der Waals surface area (Å²) in [5.41, 5.74) is 0.569. The van der Waals surface area contributed by atoms with Gasteiger partial charge in [0, 0.05) is 17.9 Å². The lowest BCUT2D eigenvalue weighted by molar-refractivity contribution is -0.176. The number of anilines is 1. The normalized spacial score (nSPS) is 12.8. The van der Waals surface area contributed by atoms with Crippen molar-refractivity contribution in [2.24, 2.45) is 0 Å². The van der Waals surface area contributed by atoms with E-state index in [0.717, 1.165) is 0 Å². The molecule has 0 spiro atoms. The number of nitrogens with zero attached hydrogens (tertiary/aromatic N) is 3. The number of hydrogen-bond acceptors (Lipinski definition) is 6. The van der Waals surface area contributed by atoms with Gasteiger partial charge in [0.05, 0.1) is 6.61 Å². The number of halogens is 6. The van der Waals surface area contributed by atoms with Crippen molar-refractivity contribution in [3.63, 3.8) is 0 Å². The summed E-state index contributed by atoms with van der Waals surface area (Å²) in [6, 6.07) is -0.312. The highest BCUT2D eigenvalue weighted by Gasteiger charge is 2.44. The number of amides is 2. The van der Waals surface area contributed by atoms with Gasteiger partial charge in [-0.25, -0.2) is 14.8 Å². The minimum absolute atomic E-state index is 0.108. The second-order valence-corrected chi connectivity index (χ2v) is 7.09. The third-order valence-corrected chi connectivity index (χ3v) is 4.16.